The molecule has 3 aromatic heterocycles. The van der Waals surface area contributed by atoms with Gasteiger partial charge < -0.3 is 0 Å². The monoisotopic (exact) mass is 266 g/mol. The van der Waals surface area contributed by atoms with E-state index in [0.29, 0.717) is 0 Å². The van der Waals surface area contributed by atoms with Crippen molar-refractivity contribution in [3.63, 3.8) is 0 Å². The van der Waals surface area contributed by atoms with Crippen molar-refractivity contribution in [3.8, 4) is 16.9 Å². The summed E-state index contributed by atoms with van der Waals surface area (Å²) >= 11 is 0. The van der Waals surface area contributed by atoms with Crippen LogP contribution in [0.15, 0.2) is 55.2 Å². The Balaban J connectivity index is 0.000000704. The van der Waals surface area contributed by atoms with Crippen molar-refractivity contribution in [2.75, 3.05) is 0 Å². The molecule has 0 amide bonds. The molecule has 0 saturated carbocycles. The molecule has 0 aliphatic heterocycles. The Labute approximate surface area is 119 Å². The maximum Gasteiger partial charge on any atom is 0.153 e. The van der Waals surface area contributed by atoms with Crippen LogP contribution in [0.3, 0.4) is 0 Å². The fourth-order valence-electron chi connectivity index (χ4n) is 1.73. The molecular formula is C16H18N4. The zero-order valence-corrected chi connectivity index (χ0v) is 12.0. The summed E-state index contributed by atoms with van der Waals surface area (Å²) in [5, 5.41) is 4.32. The molecule has 0 aliphatic rings. The molecule has 4 nitrogen and oxygen atoms in total. The molecular weight excluding hydrogens is 248 g/mol. The zero-order valence-electron chi connectivity index (χ0n) is 12.0. The van der Waals surface area contributed by atoms with E-state index >= 15 is 0 Å². The van der Waals surface area contributed by atoms with Crippen molar-refractivity contribution in [3.05, 3.63) is 60.8 Å². The van der Waals surface area contributed by atoms with Gasteiger partial charge in [-0.2, -0.15) is 5.10 Å². The number of hydrogen-bond acceptors (Lipinski definition) is 3. The molecule has 0 atom stereocenters. The van der Waals surface area contributed by atoms with Crippen molar-refractivity contribution >= 4 is 0 Å². The molecule has 3 aromatic rings. The molecule has 0 fully saturated rings. The van der Waals surface area contributed by atoms with Gasteiger partial charge in [-0.25, -0.2) is 9.67 Å². The first kappa shape index (κ1) is 13.9. The Bertz CT molecular complexity index is 642. The normalized spacial score (nSPS) is 9.75. The number of pyridine rings is 2. The lowest BCUT2D eigenvalue weighted by Gasteiger charge is -1.99. The third-order valence-corrected chi connectivity index (χ3v) is 2.71. The highest BCUT2D eigenvalue weighted by molar-refractivity contribution is 5.60. The molecule has 0 spiro atoms. The van der Waals surface area contributed by atoms with Crippen LogP contribution in [0.4, 0.5) is 0 Å². The quantitative estimate of drug-likeness (QED) is 0.711. The Kier molecular flexibility index (Phi) is 4.60. The van der Waals surface area contributed by atoms with E-state index in [-0.39, 0.29) is 0 Å². The van der Waals surface area contributed by atoms with Crippen molar-refractivity contribution in [1.82, 2.24) is 19.7 Å². The average molecular weight is 266 g/mol. The summed E-state index contributed by atoms with van der Waals surface area (Å²) in [7, 11) is 0. The SMILES string of the molecule is CC.Cc1ccc(-n2cc(-c3cccnc3)cn2)nc1. The summed E-state index contributed by atoms with van der Waals surface area (Å²) in [6.07, 6.45) is 9.19. The largest absolute Gasteiger partial charge is 0.264 e. The summed E-state index contributed by atoms with van der Waals surface area (Å²) in [4.78, 5) is 8.44. The number of rotatable bonds is 2. The Morgan fingerprint density at radius 1 is 0.950 bits per heavy atom. The lowest BCUT2D eigenvalue weighted by Crippen LogP contribution is -1.96. The Hall–Kier alpha value is -2.49. The van der Waals surface area contributed by atoms with Gasteiger partial charge in [0.15, 0.2) is 5.82 Å². The summed E-state index contributed by atoms with van der Waals surface area (Å²) in [5.41, 5.74) is 3.22. The third kappa shape index (κ3) is 3.09. The van der Waals surface area contributed by atoms with Crippen LogP contribution in [0.5, 0.6) is 0 Å². The first-order valence-electron chi connectivity index (χ1n) is 6.71. The fraction of sp³-hybridized carbons (Fsp3) is 0.188. The lowest BCUT2D eigenvalue weighted by molar-refractivity contribution is 0.845. The van der Waals surface area contributed by atoms with E-state index in [0.717, 1.165) is 22.5 Å². The second-order valence-electron chi connectivity index (χ2n) is 4.11. The van der Waals surface area contributed by atoms with Crippen LogP contribution in [0.2, 0.25) is 0 Å². The minimum atomic E-state index is 0.816. The van der Waals surface area contributed by atoms with Gasteiger partial charge in [0.25, 0.3) is 0 Å². The molecule has 3 heterocycles. The van der Waals surface area contributed by atoms with Crippen molar-refractivity contribution in [2.24, 2.45) is 0 Å². The molecule has 20 heavy (non-hydrogen) atoms. The fourth-order valence-corrected chi connectivity index (χ4v) is 1.73. The van der Waals surface area contributed by atoms with Crippen molar-refractivity contribution in [2.45, 2.75) is 20.8 Å². The molecule has 4 heteroatoms. The third-order valence-electron chi connectivity index (χ3n) is 2.71. The number of aromatic nitrogens is 4. The first-order chi connectivity index (χ1) is 9.83. The number of aryl methyl sites for hydroxylation is 1. The van der Waals surface area contributed by atoms with Crippen LogP contribution in [0, 0.1) is 6.92 Å². The van der Waals surface area contributed by atoms with Gasteiger partial charge in [-0.3, -0.25) is 4.98 Å². The van der Waals surface area contributed by atoms with Crippen LogP contribution in [0.25, 0.3) is 16.9 Å². The minimum Gasteiger partial charge on any atom is -0.264 e. The second-order valence-corrected chi connectivity index (χ2v) is 4.11. The van der Waals surface area contributed by atoms with Gasteiger partial charge in [-0.1, -0.05) is 26.0 Å². The van der Waals surface area contributed by atoms with E-state index < -0.39 is 0 Å². The smallest absolute Gasteiger partial charge is 0.153 e. The highest BCUT2D eigenvalue weighted by Gasteiger charge is 2.03. The molecule has 0 unspecified atom stereocenters. The first-order valence-corrected chi connectivity index (χ1v) is 6.71. The molecule has 0 aromatic carbocycles. The summed E-state index contributed by atoms with van der Waals surface area (Å²) in [5.74, 6) is 0.816. The van der Waals surface area contributed by atoms with E-state index in [1.165, 1.54) is 0 Å². The van der Waals surface area contributed by atoms with Gasteiger partial charge in [0.1, 0.15) is 0 Å². The van der Waals surface area contributed by atoms with Crippen LogP contribution in [0.1, 0.15) is 19.4 Å². The van der Waals surface area contributed by atoms with Gasteiger partial charge >= 0.3 is 0 Å². The van der Waals surface area contributed by atoms with Crippen LogP contribution in [-0.4, -0.2) is 19.7 Å². The average Bonchev–Trinajstić information content (AvgIpc) is 3.01. The predicted octanol–water partition coefficient (Wildman–Crippen LogP) is 3.66. The van der Waals surface area contributed by atoms with Crippen molar-refractivity contribution < 1.29 is 0 Å². The van der Waals surface area contributed by atoms with Gasteiger partial charge in [-0.05, 0) is 24.6 Å². The standard InChI is InChI=1S/C14H12N4.C2H6/c1-11-4-5-14(16-7-11)18-10-13(9-17-18)12-3-2-6-15-8-12;1-2/h2-10H,1H3;1-2H3. The number of nitrogens with zero attached hydrogens (tertiary/aromatic N) is 4. The van der Waals surface area contributed by atoms with Crippen molar-refractivity contribution in [1.29, 1.82) is 0 Å². The topological polar surface area (TPSA) is 43.6 Å². The lowest BCUT2D eigenvalue weighted by atomic mass is 10.2. The van der Waals surface area contributed by atoms with Crippen LogP contribution >= 0.6 is 0 Å². The van der Waals surface area contributed by atoms with E-state index in [1.54, 1.807) is 10.9 Å². The van der Waals surface area contributed by atoms with E-state index in [9.17, 15) is 0 Å². The maximum atomic E-state index is 4.34. The van der Waals surface area contributed by atoms with Gasteiger partial charge in [0.05, 0.1) is 6.20 Å². The van der Waals surface area contributed by atoms with Crippen LogP contribution in [-0.2, 0) is 0 Å². The molecule has 102 valence electrons. The zero-order chi connectivity index (χ0) is 14.4. The molecule has 3 rings (SSSR count). The summed E-state index contributed by atoms with van der Waals surface area (Å²) < 4.78 is 1.77. The van der Waals surface area contributed by atoms with E-state index in [1.807, 2.05) is 69.8 Å². The van der Waals surface area contributed by atoms with Crippen LogP contribution < -0.4 is 0 Å². The summed E-state index contributed by atoms with van der Waals surface area (Å²) in [6, 6.07) is 7.90. The molecule has 0 bridgehead atoms. The molecule has 0 saturated heterocycles. The van der Waals surface area contributed by atoms with Gasteiger partial charge in [0, 0.05) is 35.9 Å². The second kappa shape index (κ2) is 6.61. The molecule has 0 N–H and O–H groups in total. The minimum absolute atomic E-state index is 0.816. The van der Waals surface area contributed by atoms with Gasteiger partial charge in [0.2, 0.25) is 0 Å². The van der Waals surface area contributed by atoms with Gasteiger partial charge in [-0.15, -0.1) is 0 Å². The Morgan fingerprint density at radius 2 is 1.80 bits per heavy atom. The maximum absolute atomic E-state index is 4.34. The highest BCUT2D eigenvalue weighted by atomic mass is 15.3. The van der Waals surface area contributed by atoms with E-state index in [4.69, 9.17) is 0 Å². The summed E-state index contributed by atoms with van der Waals surface area (Å²) in [6.45, 7) is 6.01. The highest BCUT2D eigenvalue weighted by Crippen LogP contribution is 2.18. The predicted molar refractivity (Wildman–Crippen MR) is 80.7 cm³/mol. The molecule has 0 radical (unpaired) electrons. The number of hydrogen-bond donors (Lipinski definition) is 0. The molecule has 0 aliphatic carbocycles. The van der Waals surface area contributed by atoms with E-state index in [2.05, 4.69) is 15.1 Å². The Morgan fingerprint density at radius 3 is 2.45 bits per heavy atom.